The average molecular weight is 274 g/mol. The van der Waals surface area contributed by atoms with E-state index in [1.165, 1.54) is 0 Å². The van der Waals surface area contributed by atoms with E-state index in [1.807, 2.05) is 0 Å². The van der Waals surface area contributed by atoms with Gasteiger partial charge in [-0.2, -0.15) is 13.2 Å². The molecule has 0 saturated carbocycles. The summed E-state index contributed by atoms with van der Waals surface area (Å²) in [6.07, 6.45) is -3.75. The number of primary amides is 1. The molecule has 2 rings (SSSR count). The Hall–Kier alpha value is -2.38. The molecule has 0 atom stereocenters. The van der Waals surface area contributed by atoms with Crippen LogP contribution in [0, 0.1) is 5.82 Å². The Morgan fingerprint density at radius 1 is 1.32 bits per heavy atom. The van der Waals surface area contributed by atoms with Gasteiger partial charge < -0.3 is 10.2 Å². The molecule has 0 aliphatic heterocycles. The molecule has 4 nitrogen and oxygen atoms in total. The highest BCUT2D eigenvalue weighted by atomic mass is 19.4. The Balaban J connectivity index is 2.51. The summed E-state index contributed by atoms with van der Waals surface area (Å²) in [7, 11) is 0. The summed E-state index contributed by atoms with van der Waals surface area (Å²) >= 11 is 0. The molecule has 0 aliphatic carbocycles. The zero-order valence-corrected chi connectivity index (χ0v) is 9.16. The van der Waals surface area contributed by atoms with Gasteiger partial charge in [0.25, 0.3) is 5.89 Å². The highest BCUT2D eigenvalue weighted by Gasteiger charge is 2.31. The van der Waals surface area contributed by atoms with E-state index in [4.69, 9.17) is 5.73 Å². The van der Waals surface area contributed by atoms with Crippen LogP contribution in [0.2, 0.25) is 0 Å². The highest BCUT2D eigenvalue weighted by molar-refractivity contribution is 5.88. The van der Waals surface area contributed by atoms with E-state index in [0.29, 0.717) is 18.2 Å². The van der Waals surface area contributed by atoms with Crippen molar-refractivity contribution in [3.05, 3.63) is 41.7 Å². The Labute approximate surface area is 103 Å². The first-order valence-electron chi connectivity index (χ1n) is 4.91. The number of oxazole rings is 1. The molecule has 100 valence electrons. The number of hydrogen-bond donors (Lipinski definition) is 1. The van der Waals surface area contributed by atoms with Crippen molar-refractivity contribution < 1.29 is 26.8 Å². The third-order valence-corrected chi connectivity index (χ3v) is 2.28. The minimum absolute atomic E-state index is 0.239. The first-order valence-corrected chi connectivity index (χ1v) is 4.91. The highest BCUT2D eigenvalue weighted by Crippen LogP contribution is 2.33. The lowest BCUT2D eigenvalue weighted by atomic mass is 10.1. The third kappa shape index (κ3) is 2.56. The number of carbonyl (C=O) groups is 1. The van der Waals surface area contributed by atoms with E-state index in [-0.39, 0.29) is 5.69 Å². The molecule has 2 aromatic rings. The first kappa shape index (κ1) is 13.1. The van der Waals surface area contributed by atoms with Crippen LogP contribution in [0.4, 0.5) is 17.6 Å². The van der Waals surface area contributed by atoms with Gasteiger partial charge in [-0.1, -0.05) is 0 Å². The van der Waals surface area contributed by atoms with Crippen LogP contribution >= 0.6 is 0 Å². The van der Waals surface area contributed by atoms with Gasteiger partial charge in [-0.05, 0) is 18.2 Å². The lowest BCUT2D eigenvalue weighted by Crippen LogP contribution is -2.11. The van der Waals surface area contributed by atoms with E-state index in [2.05, 4.69) is 9.40 Å². The van der Waals surface area contributed by atoms with Gasteiger partial charge in [-0.15, -0.1) is 0 Å². The summed E-state index contributed by atoms with van der Waals surface area (Å²) in [6.45, 7) is 0. The van der Waals surface area contributed by atoms with Crippen molar-refractivity contribution >= 4 is 5.91 Å². The zero-order chi connectivity index (χ0) is 14.2. The molecule has 0 spiro atoms. The van der Waals surface area contributed by atoms with Crippen molar-refractivity contribution in [1.82, 2.24) is 4.98 Å². The summed E-state index contributed by atoms with van der Waals surface area (Å²) < 4.78 is 55.6. The Morgan fingerprint density at radius 3 is 2.53 bits per heavy atom. The molecule has 0 unspecified atom stereocenters. The average Bonchev–Trinajstić information content (AvgIpc) is 2.77. The SMILES string of the molecule is NC(=O)c1nc(-c2cc(C(F)(F)F)ccc2F)co1. The summed E-state index contributed by atoms with van der Waals surface area (Å²) in [5, 5.41) is 0. The smallest absolute Gasteiger partial charge is 0.416 e. The van der Waals surface area contributed by atoms with E-state index in [9.17, 15) is 22.4 Å². The topological polar surface area (TPSA) is 69.1 Å². The zero-order valence-electron chi connectivity index (χ0n) is 9.16. The summed E-state index contributed by atoms with van der Waals surface area (Å²) in [4.78, 5) is 14.3. The third-order valence-electron chi connectivity index (χ3n) is 2.28. The van der Waals surface area contributed by atoms with Gasteiger partial charge in [0.15, 0.2) is 0 Å². The molecule has 19 heavy (non-hydrogen) atoms. The largest absolute Gasteiger partial charge is 0.440 e. The normalized spacial score (nSPS) is 11.6. The number of halogens is 4. The monoisotopic (exact) mass is 274 g/mol. The minimum atomic E-state index is -4.61. The van der Waals surface area contributed by atoms with Crippen molar-refractivity contribution in [2.24, 2.45) is 5.73 Å². The van der Waals surface area contributed by atoms with Gasteiger partial charge >= 0.3 is 12.1 Å². The standard InChI is InChI=1S/C11H6F4N2O2/c12-7-2-1-5(11(13,14)15)3-6(7)8-4-19-10(17-8)9(16)18/h1-4H,(H2,16,18). The van der Waals surface area contributed by atoms with E-state index >= 15 is 0 Å². The molecule has 1 aromatic heterocycles. The number of alkyl halides is 3. The van der Waals surface area contributed by atoms with Crippen LogP contribution in [0.1, 0.15) is 16.2 Å². The lowest BCUT2D eigenvalue weighted by Gasteiger charge is -2.08. The number of amides is 1. The fourth-order valence-electron chi connectivity index (χ4n) is 1.41. The molecule has 0 aliphatic rings. The number of carbonyl (C=O) groups excluding carboxylic acids is 1. The van der Waals surface area contributed by atoms with Gasteiger partial charge in [0.1, 0.15) is 17.8 Å². The molecular weight excluding hydrogens is 268 g/mol. The Bertz CT molecular complexity index is 634. The van der Waals surface area contributed by atoms with Crippen LogP contribution in [0.25, 0.3) is 11.3 Å². The van der Waals surface area contributed by atoms with Crippen molar-refractivity contribution in [2.45, 2.75) is 6.18 Å². The fraction of sp³-hybridized carbons (Fsp3) is 0.0909. The second-order valence-corrected chi connectivity index (χ2v) is 3.59. The van der Waals surface area contributed by atoms with Gasteiger partial charge in [-0.3, -0.25) is 4.79 Å². The molecule has 1 aromatic carbocycles. The molecule has 8 heteroatoms. The van der Waals surface area contributed by atoms with E-state index in [0.717, 1.165) is 6.26 Å². The van der Waals surface area contributed by atoms with Crippen molar-refractivity contribution in [3.63, 3.8) is 0 Å². The molecule has 0 bridgehead atoms. The molecule has 0 saturated heterocycles. The first-order chi connectivity index (χ1) is 8.79. The molecule has 1 amide bonds. The second-order valence-electron chi connectivity index (χ2n) is 3.59. The van der Waals surface area contributed by atoms with Crippen LogP contribution in [0.15, 0.2) is 28.9 Å². The summed E-state index contributed by atoms with van der Waals surface area (Å²) in [6, 6.07) is 1.85. The number of benzene rings is 1. The lowest BCUT2D eigenvalue weighted by molar-refractivity contribution is -0.137. The second kappa shape index (κ2) is 4.38. The Morgan fingerprint density at radius 2 is 2.00 bits per heavy atom. The van der Waals surface area contributed by atoms with Crippen LogP contribution in [-0.2, 0) is 6.18 Å². The number of rotatable bonds is 2. The summed E-state index contributed by atoms with van der Waals surface area (Å²) in [5.74, 6) is -2.43. The quantitative estimate of drug-likeness (QED) is 0.856. The molecule has 0 radical (unpaired) electrons. The molecule has 1 heterocycles. The molecule has 2 N–H and O–H groups in total. The number of nitrogens with zero attached hydrogens (tertiary/aromatic N) is 1. The molecular formula is C11H6F4N2O2. The molecule has 0 fully saturated rings. The van der Waals surface area contributed by atoms with Gasteiger partial charge in [0.05, 0.1) is 5.56 Å². The van der Waals surface area contributed by atoms with E-state index in [1.54, 1.807) is 0 Å². The van der Waals surface area contributed by atoms with E-state index < -0.39 is 34.9 Å². The van der Waals surface area contributed by atoms with Crippen molar-refractivity contribution in [3.8, 4) is 11.3 Å². The van der Waals surface area contributed by atoms with Crippen LogP contribution in [-0.4, -0.2) is 10.9 Å². The van der Waals surface area contributed by atoms with Crippen LogP contribution in [0.5, 0.6) is 0 Å². The van der Waals surface area contributed by atoms with Crippen molar-refractivity contribution in [1.29, 1.82) is 0 Å². The maximum atomic E-state index is 13.5. The Kier molecular flexibility index (Phi) is 3.01. The fourth-order valence-corrected chi connectivity index (χ4v) is 1.41. The van der Waals surface area contributed by atoms with Crippen LogP contribution < -0.4 is 5.73 Å². The predicted molar refractivity (Wildman–Crippen MR) is 55.4 cm³/mol. The van der Waals surface area contributed by atoms with Gasteiger partial charge in [0, 0.05) is 5.56 Å². The minimum Gasteiger partial charge on any atom is -0.440 e. The predicted octanol–water partition coefficient (Wildman–Crippen LogP) is 2.60. The maximum Gasteiger partial charge on any atom is 0.416 e. The van der Waals surface area contributed by atoms with Gasteiger partial charge in [0.2, 0.25) is 0 Å². The number of hydrogen-bond acceptors (Lipinski definition) is 3. The van der Waals surface area contributed by atoms with Crippen molar-refractivity contribution in [2.75, 3.05) is 0 Å². The number of nitrogens with two attached hydrogens (primary N) is 1. The number of aromatic nitrogens is 1. The van der Waals surface area contributed by atoms with Crippen LogP contribution in [0.3, 0.4) is 0 Å². The van der Waals surface area contributed by atoms with Gasteiger partial charge in [-0.25, -0.2) is 9.37 Å². The maximum absolute atomic E-state index is 13.5. The summed E-state index contributed by atoms with van der Waals surface area (Å²) in [5.41, 5.74) is 3.18.